The van der Waals surface area contributed by atoms with Crippen LogP contribution < -0.4 is 16.4 Å². The fourth-order valence-electron chi connectivity index (χ4n) is 4.22. The van der Waals surface area contributed by atoms with Gasteiger partial charge in [0.05, 0.1) is 24.2 Å². The Morgan fingerprint density at radius 3 is 2.79 bits per heavy atom. The molecule has 0 radical (unpaired) electrons. The second kappa shape index (κ2) is 10.7. The Balaban J connectivity index is 1.67. The van der Waals surface area contributed by atoms with Gasteiger partial charge in [0.1, 0.15) is 16.8 Å². The Labute approximate surface area is 192 Å². The number of carbonyl (C=O) groups is 1. The number of hydrogen-bond acceptors (Lipinski definition) is 6. The van der Waals surface area contributed by atoms with Gasteiger partial charge in [0, 0.05) is 38.9 Å². The Morgan fingerprint density at radius 1 is 1.18 bits per heavy atom. The van der Waals surface area contributed by atoms with Crippen LogP contribution in [0.2, 0.25) is 0 Å². The molecule has 3 aromatic heterocycles. The van der Waals surface area contributed by atoms with Crippen LogP contribution in [0.15, 0.2) is 35.3 Å². The van der Waals surface area contributed by atoms with Crippen LogP contribution in [-0.4, -0.2) is 64.2 Å². The van der Waals surface area contributed by atoms with Crippen molar-refractivity contribution in [3.05, 3.63) is 51.9 Å². The number of amides is 1. The number of fused-ring (bicyclic) bond motifs is 2. The number of carbonyl (C=O) groups excluding carboxylic acids is 1. The zero-order valence-corrected chi connectivity index (χ0v) is 19.2. The first-order valence-electron chi connectivity index (χ1n) is 11.8. The first kappa shape index (κ1) is 23.1. The average Bonchev–Trinajstić information content (AvgIpc) is 2.83. The zero-order chi connectivity index (χ0) is 23.2. The monoisotopic (exact) mass is 452 g/mol. The molecule has 1 aliphatic heterocycles. The van der Waals surface area contributed by atoms with Crippen LogP contribution in [0.1, 0.15) is 43.0 Å². The van der Waals surface area contributed by atoms with Gasteiger partial charge in [0.2, 0.25) is 0 Å². The Hall–Kier alpha value is -3.04. The van der Waals surface area contributed by atoms with Crippen molar-refractivity contribution in [2.45, 2.75) is 39.2 Å². The highest BCUT2D eigenvalue weighted by molar-refractivity contribution is 5.96. The topological polar surface area (TPSA) is 105 Å². The number of aromatic nitrogens is 3. The molecule has 9 nitrogen and oxygen atoms in total. The molecule has 0 aromatic carbocycles. The number of morpholine rings is 1. The lowest BCUT2D eigenvalue weighted by atomic mass is 10.1. The lowest BCUT2D eigenvalue weighted by Gasteiger charge is -2.26. The smallest absolute Gasteiger partial charge is 0.267 e. The van der Waals surface area contributed by atoms with E-state index in [2.05, 4.69) is 22.1 Å². The molecule has 1 fully saturated rings. The summed E-state index contributed by atoms with van der Waals surface area (Å²) >= 11 is 0. The van der Waals surface area contributed by atoms with Gasteiger partial charge >= 0.3 is 0 Å². The van der Waals surface area contributed by atoms with E-state index >= 15 is 0 Å². The van der Waals surface area contributed by atoms with Crippen molar-refractivity contribution in [2.24, 2.45) is 0 Å². The van der Waals surface area contributed by atoms with Crippen LogP contribution in [0.5, 0.6) is 0 Å². The van der Waals surface area contributed by atoms with Crippen molar-refractivity contribution in [3.8, 4) is 0 Å². The molecule has 9 heteroatoms. The fourth-order valence-corrected chi connectivity index (χ4v) is 4.22. The van der Waals surface area contributed by atoms with Crippen LogP contribution in [0.3, 0.4) is 0 Å². The summed E-state index contributed by atoms with van der Waals surface area (Å²) in [5.41, 5.74) is 1.04. The van der Waals surface area contributed by atoms with Crippen molar-refractivity contribution in [3.63, 3.8) is 0 Å². The fraction of sp³-hybridized carbons (Fsp3) is 0.500. The summed E-state index contributed by atoms with van der Waals surface area (Å²) in [7, 11) is 0. The van der Waals surface area contributed by atoms with Crippen LogP contribution in [0.25, 0.3) is 16.7 Å². The molecule has 4 heterocycles. The van der Waals surface area contributed by atoms with Gasteiger partial charge in [0.15, 0.2) is 0 Å². The van der Waals surface area contributed by atoms with Crippen molar-refractivity contribution in [2.75, 3.05) is 39.4 Å². The number of unbranched alkanes of at least 4 members (excludes halogenated alkanes) is 3. The van der Waals surface area contributed by atoms with Gasteiger partial charge in [-0.2, -0.15) is 0 Å². The van der Waals surface area contributed by atoms with E-state index in [9.17, 15) is 9.59 Å². The second-order valence-electron chi connectivity index (χ2n) is 8.41. The highest BCUT2D eigenvalue weighted by Crippen LogP contribution is 2.12. The summed E-state index contributed by atoms with van der Waals surface area (Å²) in [6.45, 7) is 7.00. The standard InChI is InChI=1S/C24H32N6O3/c1-2-3-4-6-11-30-21(25)18(23(31)26-9-12-28-13-15-33-16-14-28)17-19-22(30)27-20-8-5-7-10-29(20)24(19)32/h5,7-8,10,17,25H,2-4,6,9,11-16H2,1H3,(H,26,31). The number of rotatable bonds is 9. The highest BCUT2D eigenvalue weighted by Gasteiger charge is 2.18. The van der Waals surface area contributed by atoms with Crippen LogP contribution >= 0.6 is 0 Å². The number of pyridine rings is 2. The lowest BCUT2D eigenvalue weighted by molar-refractivity contribution is 0.0383. The van der Waals surface area contributed by atoms with Crippen molar-refractivity contribution >= 4 is 22.6 Å². The molecule has 0 unspecified atom stereocenters. The van der Waals surface area contributed by atoms with Gasteiger partial charge in [0.25, 0.3) is 11.5 Å². The molecule has 33 heavy (non-hydrogen) atoms. The van der Waals surface area contributed by atoms with E-state index in [-0.39, 0.29) is 22.5 Å². The maximum atomic E-state index is 13.2. The normalized spacial score (nSPS) is 14.7. The predicted molar refractivity (Wildman–Crippen MR) is 127 cm³/mol. The first-order chi connectivity index (χ1) is 16.1. The third-order valence-corrected chi connectivity index (χ3v) is 6.12. The van der Waals surface area contributed by atoms with Gasteiger partial charge in [-0.25, -0.2) is 4.98 Å². The highest BCUT2D eigenvalue weighted by atomic mass is 16.5. The molecule has 1 saturated heterocycles. The van der Waals surface area contributed by atoms with Gasteiger partial charge in [-0.05, 0) is 24.6 Å². The summed E-state index contributed by atoms with van der Waals surface area (Å²) in [6.07, 6.45) is 5.76. The molecule has 176 valence electrons. The van der Waals surface area contributed by atoms with Crippen molar-refractivity contribution in [1.29, 1.82) is 5.41 Å². The number of nitrogens with zero attached hydrogens (tertiary/aromatic N) is 4. The molecule has 1 amide bonds. The zero-order valence-electron chi connectivity index (χ0n) is 19.2. The molecule has 0 aliphatic carbocycles. The maximum absolute atomic E-state index is 13.2. The maximum Gasteiger partial charge on any atom is 0.267 e. The van der Waals surface area contributed by atoms with Crippen molar-refractivity contribution < 1.29 is 9.53 Å². The number of ether oxygens (including phenoxy) is 1. The number of aryl methyl sites for hydroxylation is 1. The van der Waals surface area contributed by atoms with E-state index in [1.54, 1.807) is 22.9 Å². The minimum atomic E-state index is -0.338. The molecular formula is C24H32N6O3. The summed E-state index contributed by atoms with van der Waals surface area (Å²) in [4.78, 5) is 33.2. The second-order valence-corrected chi connectivity index (χ2v) is 8.41. The SMILES string of the molecule is CCCCCCn1c(=N)c(C(=O)NCCN2CCOCC2)cc2c(=O)n3ccccc3nc21. The molecule has 3 aromatic rings. The van der Waals surface area contributed by atoms with Crippen LogP contribution in [0, 0.1) is 5.41 Å². The van der Waals surface area contributed by atoms with E-state index in [1.807, 2.05) is 6.07 Å². The Morgan fingerprint density at radius 2 is 2.00 bits per heavy atom. The molecule has 0 bridgehead atoms. The van der Waals surface area contributed by atoms with E-state index in [1.165, 1.54) is 10.5 Å². The lowest BCUT2D eigenvalue weighted by Crippen LogP contribution is -2.42. The molecule has 2 N–H and O–H groups in total. The van der Waals surface area contributed by atoms with Crippen molar-refractivity contribution in [1.82, 2.24) is 24.2 Å². The number of nitrogens with one attached hydrogen (secondary N) is 2. The Kier molecular flexibility index (Phi) is 7.51. The Bertz CT molecular complexity index is 1240. The van der Waals surface area contributed by atoms with E-state index < -0.39 is 0 Å². The summed E-state index contributed by atoms with van der Waals surface area (Å²) in [6, 6.07) is 6.91. The summed E-state index contributed by atoms with van der Waals surface area (Å²) < 4.78 is 8.56. The molecule has 0 saturated carbocycles. The van der Waals surface area contributed by atoms with Crippen LogP contribution in [-0.2, 0) is 11.3 Å². The van der Waals surface area contributed by atoms with Crippen LogP contribution in [0.4, 0.5) is 0 Å². The third kappa shape index (κ3) is 5.15. The van der Waals surface area contributed by atoms with E-state index in [0.717, 1.165) is 45.3 Å². The quantitative estimate of drug-likeness (QED) is 0.380. The predicted octanol–water partition coefficient (Wildman–Crippen LogP) is 1.77. The third-order valence-electron chi connectivity index (χ3n) is 6.12. The van der Waals surface area contributed by atoms with E-state index in [4.69, 9.17) is 10.1 Å². The van der Waals surface area contributed by atoms with Gasteiger partial charge in [-0.15, -0.1) is 0 Å². The van der Waals surface area contributed by atoms with Gasteiger partial charge in [-0.1, -0.05) is 32.3 Å². The number of hydrogen-bond donors (Lipinski definition) is 2. The summed E-state index contributed by atoms with van der Waals surface area (Å²) in [5, 5.41) is 12.1. The molecule has 0 atom stereocenters. The summed E-state index contributed by atoms with van der Waals surface area (Å²) in [5.74, 6) is -0.338. The molecule has 4 rings (SSSR count). The minimum Gasteiger partial charge on any atom is -0.379 e. The van der Waals surface area contributed by atoms with Gasteiger partial charge in [-0.3, -0.25) is 24.3 Å². The minimum absolute atomic E-state index is 0.0926. The average molecular weight is 453 g/mol. The largest absolute Gasteiger partial charge is 0.379 e. The van der Waals surface area contributed by atoms with Gasteiger partial charge < -0.3 is 14.6 Å². The molecular weight excluding hydrogens is 420 g/mol. The first-order valence-corrected chi connectivity index (χ1v) is 11.8. The van der Waals surface area contributed by atoms with E-state index in [0.29, 0.717) is 43.0 Å². The molecule has 0 spiro atoms. The molecule has 1 aliphatic rings.